The number of nitrogens with one attached hydrogen (secondary N) is 1. The zero-order valence-corrected chi connectivity index (χ0v) is 13.0. The van der Waals surface area contributed by atoms with Crippen LogP contribution in [0.15, 0.2) is 18.2 Å². The van der Waals surface area contributed by atoms with Gasteiger partial charge >= 0.3 is 0 Å². The Kier molecular flexibility index (Phi) is 6.72. The summed E-state index contributed by atoms with van der Waals surface area (Å²) >= 11 is 0. The predicted octanol–water partition coefficient (Wildman–Crippen LogP) is 2.58. The lowest BCUT2D eigenvalue weighted by molar-refractivity contribution is -0.128. The summed E-state index contributed by atoms with van der Waals surface area (Å²) in [6, 6.07) is 4.98. The fourth-order valence-corrected chi connectivity index (χ4v) is 1.91. The summed E-state index contributed by atoms with van der Waals surface area (Å²) in [5.74, 6) is 0.694. The third-order valence-corrected chi connectivity index (χ3v) is 3.33. The summed E-state index contributed by atoms with van der Waals surface area (Å²) < 4.78 is 10.8. The first-order valence-electron chi connectivity index (χ1n) is 7.15. The molecule has 0 fully saturated rings. The number of carbonyl (C=O) groups is 2. The van der Waals surface area contributed by atoms with Gasteiger partial charge in [-0.1, -0.05) is 13.8 Å². The molecule has 5 nitrogen and oxygen atoms in total. The van der Waals surface area contributed by atoms with Crippen molar-refractivity contribution in [2.24, 2.45) is 0 Å². The van der Waals surface area contributed by atoms with Crippen molar-refractivity contribution in [3.05, 3.63) is 23.8 Å². The van der Waals surface area contributed by atoms with E-state index in [-0.39, 0.29) is 11.9 Å². The highest BCUT2D eigenvalue weighted by molar-refractivity contribution is 5.81. The molecular formula is C16H23NO4. The SMILES string of the molecule is CCC(CC)NC(=O)C(C)Oc1cc(C=O)ccc1OC. The summed E-state index contributed by atoms with van der Waals surface area (Å²) in [6.07, 6.45) is 1.81. The molecule has 0 aliphatic heterocycles. The van der Waals surface area contributed by atoms with Crippen LogP contribution in [0.4, 0.5) is 0 Å². The third-order valence-electron chi connectivity index (χ3n) is 3.33. The maximum atomic E-state index is 12.1. The minimum atomic E-state index is -0.665. The van der Waals surface area contributed by atoms with E-state index in [4.69, 9.17) is 9.47 Å². The van der Waals surface area contributed by atoms with Gasteiger partial charge in [-0.05, 0) is 38.0 Å². The molecule has 1 atom stereocenters. The summed E-state index contributed by atoms with van der Waals surface area (Å²) in [7, 11) is 1.51. The fourth-order valence-electron chi connectivity index (χ4n) is 1.91. The molecule has 0 saturated carbocycles. The normalized spacial score (nSPS) is 11.9. The quantitative estimate of drug-likeness (QED) is 0.748. The van der Waals surface area contributed by atoms with E-state index >= 15 is 0 Å². The summed E-state index contributed by atoms with van der Waals surface area (Å²) in [5.41, 5.74) is 0.471. The highest BCUT2D eigenvalue weighted by Crippen LogP contribution is 2.28. The first-order valence-corrected chi connectivity index (χ1v) is 7.15. The maximum Gasteiger partial charge on any atom is 0.260 e. The molecule has 1 N–H and O–H groups in total. The van der Waals surface area contributed by atoms with Crippen LogP contribution in [0.5, 0.6) is 11.5 Å². The van der Waals surface area contributed by atoms with E-state index in [0.717, 1.165) is 19.1 Å². The Balaban J connectivity index is 2.79. The molecule has 5 heteroatoms. The van der Waals surface area contributed by atoms with Crippen LogP contribution >= 0.6 is 0 Å². The topological polar surface area (TPSA) is 64.6 Å². The van der Waals surface area contributed by atoms with Crippen molar-refractivity contribution in [2.75, 3.05) is 7.11 Å². The highest BCUT2D eigenvalue weighted by atomic mass is 16.5. The van der Waals surface area contributed by atoms with E-state index in [1.807, 2.05) is 13.8 Å². The highest BCUT2D eigenvalue weighted by Gasteiger charge is 2.19. The number of ether oxygens (including phenoxy) is 2. The van der Waals surface area contributed by atoms with Crippen LogP contribution in [0.25, 0.3) is 0 Å². The zero-order valence-electron chi connectivity index (χ0n) is 13.0. The van der Waals surface area contributed by atoms with E-state index in [1.54, 1.807) is 25.1 Å². The molecule has 116 valence electrons. The van der Waals surface area contributed by atoms with Crippen molar-refractivity contribution in [1.82, 2.24) is 5.32 Å². The van der Waals surface area contributed by atoms with Gasteiger partial charge in [0.15, 0.2) is 17.6 Å². The lowest BCUT2D eigenvalue weighted by atomic mass is 10.1. The Hall–Kier alpha value is -2.04. The summed E-state index contributed by atoms with van der Waals surface area (Å²) in [6.45, 7) is 5.72. The van der Waals surface area contributed by atoms with Crippen LogP contribution in [0.1, 0.15) is 44.0 Å². The molecule has 1 aromatic rings. The van der Waals surface area contributed by atoms with Gasteiger partial charge in [0, 0.05) is 11.6 Å². The van der Waals surface area contributed by atoms with Crippen molar-refractivity contribution in [3.63, 3.8) is 0 Å². The number of benzene rings is 1. The zero-order chi connectivity index (χ0) is 15.8. The van der Waals surface area contributed by atoms with E-state index in [0.29, 0.717) is 17.1 Å². The van der Waals surface area contributed by atoms with Gasteiger partial charge in [0.25, 0.3) is 5.91 Å². The van der Waals surface area contributed by atoms with Gasteiger partial charge in [-0.15, -0.1) is 0 Å². The van der Waals surface area contributed by atoms with Crippen molar-refractivity contribution in [1.29, 1.82) is 0 Å². The predicted molar refractivity (Wildman–Crippen MR) is 81.0 cm³/mol. The molecule has 21 heavy (non-hydrogen) atoms. The Morgan fingerprint density at radius 2 is 1.95 bits per heavy atom. The molecule has 0 bridgehead atoms. The van der Waals surface area contributed by atoms with Gasteiger partial charge in [-0.3, -0.25) is 9.59 Å². The van der Waals surface area contributed by atoms with E-state index in [9.17, 15) is 9.59 Å². The van der Waals surface area contributed by atoms with Gasteiger partial charge in [-0.25, -0.2) is 0 Å². The van der Waals surface area contributed by atoms with Crippen LogP contribution < -0.4 is 14.8 Å². The first-order chi connectivity index (χ1) is 10.0. The summed E-state index contributed by atoms with van der Waals surface area (Å²) in [4.78, 5) is 22.9. The minimum Gasteiger partial charge on any atom is -0.493 e. The van der Waals surface area contributed by atoms with Crippen LogP contribution in [0.3, 0.4) is 0 Å². The second-order valence-corrected chi connectivity index (χ2v) is 4.81. The number of carbonyl (C=O) groups excluding carboxylic acids is 2. The molecule has 1 amide bonds. The molecule has 0 aliphatic carbocycles. The Labute approximate surface area is 125 Å². The van der Waals surface area contributed by atoms with Crippen molar-refractivity contribution in [2.45, 2.75) is 45.8 Å². The second kappa shape index (κ2) is 8.29. The Bertz CT molecular complexity index is 483. The molecular weight excluding hydrogens is 270 g/mol. The van der Waals surface area contributed by atoms with Gasteiger partial charge in [-0.2, -0.15) is 0 Å². The van der Waals surface area contributed by atoms with Gasteiger partial charge in [0.2, 0.25) is 0 Å². The minimum absolute atomic E-state index is 0.145. The standard InChI is InChI=1S/C16H23NO4/c1-5-13(6-2)17-16(19)11(3)21-15-9-12(10-18)7-8-14(15)20-4/h7-11,13H,5-6H2,1-4H3,(H,17,19). The second-order valence-electron chi connectivity index (χ2n) is 4.81. The average molecular weight is 293 g/mol. The third kappa shape index (κ3) is 4.77. The number of aldehydes is 1. The monoisotopic (exact) mass is 293 g/mol. The number of amides is 1. The van der Waals surface area contributed by atoms with E-state index in [2.05, 4.69) is 5.32 Å². The fraction of sp³-hybridized carbons (Fsp3) is 0.500. The van der Waals surface area contributed by atoms with Gasteiger partial charge in [0.1, 0.15) is 6.29 Å². The largest absolute Gasteiger partial charge is 0.493 e. The van der Waals surface area contributed by atoms with Gasteiger partial charge in [0.05, 0.1) is 7.11 Å². The van der Waals surface area contributed by atoms with Crippen LogP contribution in [-0.2, 0) is 4.79 Å². The number of hydrogen-bond acceptors (Lipinski definition) is 4. The van der Waals surface area contributed by atoms with E-state index in [1.165, 1.54) is 7.11 Å². The van der Waals surface area contributed by atoms with Crippen molar-refractivity contribution < 1.29 is 19.1 Å². The molecule has 1 unspecified atom stereocenters. The Morgan fingerprint density at radius 1 is 1.29 bits per heavy atom. The average Bonchev–Trinajstić information content (AvgIpc) is 2.51. The molecule has 0 spiro atoms. The maximum absolute atomic E-state index is 12.1. The lowest BCUT2D eigenvalue weighted by Crippen LogP contribution is -2.42. The smallest absolute Gasteiger partial charge is 0.260 e. The molecule has 0 aliphatic rings. The lowest BCUT2D eigenvalue weighted by Gasteiger charge is -2.20. The molecule has 0 aromatic heterocycles. The van der Waals surface area contributed by atoms with Crippen molar-refractivity contribution in [3.8, 4) is 11.5 Å². The number of methoxy groups -OCH3 is 1. The molecule has 0 radical (unpaired) electrons. The van der Waals surface area contributed by atoms with Crippen LogP contribution in [0.2, 0.25) is 0 Å². The first kappa shape index (κ1) is 17.0. The van der Waals surface area contributed by atoms with Gasteiger partial charge < -0.3 is 14.8 Å². The van der Waals surface area contributed by atoms with Crippen molar-refractivity contribution >= 4 is 12.2 Å². The number of hydrogen-bond donors (Lipinski definition) is 1. The summed E-state index contributed by atoms with van der Waals surface area (Å²) in [5, 5.41) is 2.93. The van der Waals surface area contributed by atoms with Crippen LogP contribution in [-0.4, -0.2) is 31.4 Å². The molecule has 1 aromatic carbocycles. The number of rotatable bonds is 8. The van der Waals surface area contributed by atoms with E-state index < -0.39 is 6.10 Å². The molecule has 1 rings (SSSR count). The molecule has 0 heterocycles. The Morgan fingerprint density at radius 3 is 2.48 bits per heavy atom. The molecule has 0 saturated heterocycles. The van der Waals surface area contributed by atoms with Crippen LogP contribution in [0, 0.1) is 0 Å².